The highest BCUT2D eigenvalue weighted by Gasteiger charge is 2.21. The SMILES string of the molecule is COc1c(C)cc(CC2CCNC2)c(O)c1F. The number of ether oxygens (including phenoxy) is 1. The maximum atomic E-state index is 13.8. The highest BCUT2D eigenvalue weighted by Crippen LogP contribution is 2.34. The Balaban J connectivity index is 2.28. The predicted molar refractivity (Wildman–Crippen MR) is 64.0 cm³/mol. The summed E-state index contributed by atoms with van der Waals surface area (Å²) in [4.78, 5) is 0. The number of halogens is 1. The molecule has 1 aliphatic rings. The van der Waals surface area contributed by atoms with E-state index in [4.69, 9.17) is 4.74 Å². The second-order valence-electron chi connectivity index (χ2n) is 4.61. The molecule has 1 fully saturated rings. The molecule has 2 N–H and O–H groups in total. The summed E-state index contributed by atoms with van der Waals surface area (Å²) in [6, 6.07) is 1.82. The Bertz CT molecular complexity index is 414. The van der Waals surface area contributed by atoms with Crippen molar-refractivity contribution in [2.75, 3.05) is 20.2 Å². The average molecular weight is 239 g/mol. The number of hydrogen-bond donors (Lipinski definition) is 2. The van der Waals surface area contributed by atoms with Crippen LogP contribution >= 0.6 is 0 Å². The molecule has 1 unspecified atom stereocenters. The average Bonchev–Trinajstić information content (AvgIpc) is 2.79. The fraction of sp³-hybridized carbons (Fsp3) is 0.538. The van der Waals surface area contributed by atoms with Crippen LogP contribution in [0.15, 0.2) is 6.07 Å². The van der Waals surface area contributed by atoms with Crippen LogP contribution in [0.5, 0.6) is 11.5 Å². The van der Waals surface area contributed by atoms with Gasteiger partial charge in [-0.15, -0.1) is 0 Å². The number of phenols is 1. The molecule has 1 aromatic rings. The van der Waals surface area contributed by atoms with E-state index in [0.717, 1.165) is 25.1 Å². The van der Waals surface area contributed by atoms with Gasteiger partial charge in [-0.3, -0.25) is 0 Å². The summed E-state index contributed by atoms with van der Waals surface area (Å²) in [5.41, 5.74) is 1.40. The number of aromatic hydroxyl groups is 1. The Morgan fingerprint density at radius 2 is 2.35 bits per heavy atom. The molecule has 0 amide bonds. The quantitative estimate of drug-likeness (QED) is 0.847. The van der Waals surface area contributed by atoms with Gasteiger partial charge in [-0.05, 0) is 56.0 Å². The number of phenolic OH excluding ortho intramolecular Hbond substituents is 1. The highest BCUT2D eigenvalue weighted by molar-refractivity contribution is 5.47. The minimum Gasteiger partial charge on any atom is -0.505 e. The fourth-order valence-corrected chi connectivity index (χ4v) is 2.42. The van der Waals surface area contributed by atoms with Gasteiger partial charge in [-0.1, -0.05) is 0 Å². The molecule has 0 aromatic heterocycles. The largest absolute Gasteiger partial charge is 0.505 e. The summed E-state index contributed by atoms with van der Waals surface area (Å²) in [5.74, 6) is -0.295. The Hall–Kier alpha value is -1.29. The number of benzene rings is 1. The number of methoxy groups -OCH3 is 1. The van der Waals surface area contributed by atoms with Crippen LogP contribution in [-0.4, -0.2) is 25.3 Å². The van der Waals surface area contributed by atoms with Gasteiger partial charge in [0, 0.05) is 0 Å². The van der Waals surface area contributed by atoms with Gasteiger partial charge in [0.25, 0.3) is 0 Å². The van der Waals surface area contributed by atoms with Crippen molar-refractivity contribution >= 4 is 0 Å². The lowest BCUT2D eigenvalue weighted by Gasteiger charge is -2.14. The van der Waals surface area contributed by atoms with E-state index in [1.54, 1.807) is 6.92 Å². The van der Waals surface area contributed by atoms with Gasteiger partial charge in [0.15, 0.2) is 11.5 Å². The van der Waals surface area contributed by atoms with Crippen LogP contribution in [-0.2, 0) is 6.42 Å². The molecule has 4 heteroatoms. The topological polar surface area (TPSA) is 41.5 Å². The van der Waals surface area contributed by atoms with E-state index in [2.05, 4.69) is 5.32 Å². The monoisotopic (exact) mass is 239 g/mol. The second kappa shape index (κ2) is 4.92. The molecular formula is C13H18FNO2. The summed E-state index contributed by atoms with van der Waals surface area (Å²) in [5, 5.41) is 13.1. The number of hydrogen-bond acceptors (Lipinski definition) is 3. The molecule has 0 radical (unpaired) electrons. The van der Waals surface area contributed by atoms with Crippen molar-refractivity contribution in [2.24, 2.45) is 5.92 Å². The van der Waals surface area contributed by atoms with Crippen LogP contribution in [0, 0.1) is 18.7 Å². The smallest absolute Gasteiger partial charge is 0.207 e. The van der Waals surface area contributed by atoms with Crippen molar-refractivity contribution in [1.82, 2.24) is 5.32 Å². The molecule has 1 atom stereocenters. The molecule has 1 aliphatic heterocycles. The lowest BCUT2D eigenvalue weighted by molar-refractivity contribution is 0.358. The number of nitrogens with one attached hydrogen (secondary N) is 1. The minimum absolute atomic E-state index is 0.135. The maximum Gasteiger partial charge on any atom is 0.207 e. The first-order valence-electron chi connectivity index (χ1n) is 5.89. The van der Waals surface area contributed by atoms with Crippen LogP contribution < -0.4 is 10.1 Å². The molecular weight excluding hydrogens is 221 g/mol. The Morgan fingerprint density at radius 3 is 2.94 bits per heavy atom. The summed E-state index contributed by atoms with van der Waals surface area (Å²) in [6.45, 7) is 3.73. The molecule has 2 rings (SSSR count). The molecule has 1 heterocycles. The molecule has 1 aromatic carbocycles. The maximum absolute atomic E-state index is 13.8. The van der Waals surface area contributed by atoms with Gasteiger partial charge in [0.1, 0.15) is 0 Å². The van der Waals surface area contributed by atoms with E-state index in [1.807, 2.05) is 6.07 Å². The van der Waals surface area contributed by atoms with Crippen molar-refractivity contribution in [3.8, 4) is 11.5 Å². The van der Waals surface area contributed by atoms with Crippen molar-refractivity contribution < 1.29 is 14.2 Å². The number of rotatable bonds is 3. The summed E-state index contributed by atoms with van der Waals surface area (Å²) >= 11 is 0. The second-order valence-corrected chi connectivity index (χ2v) is 4.61. The lowest BCUT2D eigenvalue weighted by Crippen LogP contribution is -2.11. The van der Waals surface area contributed by atoms with Crippen LogP contribution in [0.2, 0.25) is 0 Å². The first-order chi connectivity index (χ1) is 8.13. The summed E-state index contributed by atoms with van der Waals surface area (Å²) < 4.78 is 18.7. The van der Waals surface area contributed by atoms with Crippen molar-refractivity contribution in [1.29, 1.82) is 0 Å². The highest BCUT2D eigenvalue weighted by atomic mass is 19.1. The van der Waals surface area contributed by atoms with Gasteiger partial charge in [-0.25, -0.2) is 0 Å². The van der Waals surface area contributed by atoms with E-state index in [0.29, 0.717) is 17.9 Å². The summed E-state index contributed by atoms with van der Waals surface area (Å²) in [7, 11) is 1.41. The molecule has 0 bridgehead atoms. The zero-order valence-corrected chi connectivity index (χ0v) is 10.2. The van der Waals surface area contributed by atoms with Gasteiger partial charge in [0.05, 0.1) is 7.11 Å². The zero-order chi connectivity index (χ0) is 12.4. The molecule has 0 aliphatic carbocycles. The van der Waals surface area contributed by atoms with E-state index >= 15 is 0 Å². The molecule has 1 saturated heterocycles. The molecule has 3 nitrogen and oxygen atoms in total. The zero-order valence-electron chi connectivity index (χ0n) is 10.2. The van der Waals surface area contributed by atoms with Gasteiger partial charge < -0.3 is 15.2 Å². The molecule has 94 valence electrons. The van der Waals surface area contributed by atoms with Gasteiger partial charge in [-0.2, -0.15) is 4.39 Å². The number of aryl methyl sites for hydroxylation is 1. The normalized spacial score (nSPS) is 19.6. The standard InChI is InChI=1S/C13H18FNO2/c1-8-5-10(6-9-3-4-15-7-9)12(16)11(14)13(8)17-2/h5,9,15-16H,3-4,6-7H2,1-2H3. The first-order valence-corrected chi connectivity index (χ1v) is 5.89. The van der Waals surface area contributed by atoms with Crippen LogP contribution in [0.25, 0.3) is 0 Å². The van der Waals surface area contributed by atoms with E-state index in [1.165, 1.54) is 7.11 Å². The van der Waals surface area contributed by atoms with Crippen LogP contribution in [0.3, 0.4) is 0 Å². The van der Waals surface area contributed by atoms with E-state index in [9.17, 15) is 9.50 Å². The predicted octanol–water partition coefficient (Wildman–Crippen LogP) is 2.00. The third-order valence-electron chi connectivity index (χ3n) is 3.34. The minimum atomic E-state index is -0.645. The van der Waals surface area contributed by atoms with Gasteiger partial charge in [0.2, 0.25) is 5.82 Å². The van der Waals surface area contributed by atoms with Crippen molar-refractivity contribution in [3.63, 3.8) is 0 Å². The van der Waals surface area contributed by atoms with Gasteiger partial charge >= 0.3 is 0 Å². The van der Waals surface area contributed by atoms with Crippen LogP contribution in [0.4, 0.5) is 4.39 Å². The van der Waals surface area contributed by atoms with Crippen molar-refractivity contribution in [3.05, 3.63) is 23.0 Å². The summed E-state index contributed by atoms with van der Waals surface area (Å²) in [6.07, 6.45) is 1.78. The van der Waals surface area contributed by atoms with E-state index < -0.39 is 5.82 Å². The molecule has 0 saturated carbocycles. The van der Waals surface area contributed by atoms with Crippen molar-refractivity contribution in [2.45, 2.75) is 19.8 Å². The molecule has 17 heavy (non-hydrogen) atoms. The Kier molecular flexibility index (Phi) is 3.52. The fourth-order valence-electron chi connectivity index (χ4n) is 2.42. The molecule has 0 spiro atoms. The van der Waals surface area contributed by atoms with E-state index in [-0.39, 0.29) is 11.5 Å². The third kappa shape index (κ3) is 2.36. The first kappa shape index (κ1) is 12.2. The lowest BCUT2D eigenvalue weighted by atomic mass is 9.96. The third-order valence-corrected chi connectivity index (χ3v) is 3.34. The van der Waals surface area contributed by atoms with Crippen LogP contribution in [0.1, 0.15) is 17.5 Å². The Labute approximate surface area is 101 Å². The Morgan fingerprint density at radius 1 is 1.59 bits per heavy atom.